The van der Waals surface area contributed by atoms with E-state index >= 15 is 0 Å². The molecule has 18 heavy (non-hydrogen) atoms. The van der Waals surface area contributed by atoms with Crippen molar-refractivity contribution in [3.8, 4) is 0 Å². The van der Waals surface area contributed by atoms with Gasteiger partial charge in [-0.25, -0.2) is 4.98 Å². The Hall–Kier alpha value is -1.14. The average molecular weight is 269 g/mol. The molecule has 0 radical (unpaired) electrons. The summed E-state index contributed by atoms with van der Waals surface area (Å²) >= 11 is 1.59. The maximum atomic E-state index is 11.7. The molecule has 100 valence electrons. The first kappa shape index (κ1) is 13.3. The van der Waals surface area contributed by atoms with Crippen LogP contribution in [0.25, 0.3) is 0 Å². The molecule has 0 aliphatic carbocycles. The van der Waals surface area contributed by atoms with E-state index in [1.165, 1.54) is 0 Å². The van der Waals surface area contributed by atoms with Gasteiger partial charge in [-0.2, -0.15) is 0 Å². The van der Waals surface area contributed by atoms with Gasteiger partial charge in [-0.15, -0.1) is 11.3 Å². The van der Waals surface area contributed by atoms with Crippen LogP contribution in [0.2, 0.25) is 0 Å². The lowest BCUT2D eigenvalue weighted by Gasteiger charge is -2.08. The number of thiazole rings is 1. The minimum absolute atomic E-state index is 0.0879. The lowest BCUT2D eigenvalue weighted by Crippen LogP contribution is -2.25. The molecule has 2 rings (SSSR count). The van der Waals surface area contributed by atoms with Crippen molar-refractivity contribution < 1.29 is 9.53 Å². The topological polar surface area (TPSA) is 54.5 Å². The molecule has 1 atom stereocenters. The van der Waals surface area contributed by atoms with E-state index in [1.54, 1.807) is 11.3 Å². The maximum absolute atomic E-state index is 11.7. The van der Waals surface area contributed by atoms with E-state index in [0.717, 1.165) is 30.5 Å². The van der Waals surface area contributed by atoms with Crippen molar-refractivity contribution in [1.82, 2.24) is 10.3 Å². The average Bonchev–Trinajstić information content (AvgIpc) is 2.96. The summed E-state index contributed by atoms with van der Waals surface area (Å²) in [6, 6.07) is 0. The largest absolute Gasteiger partial charge is 0.381 e. The molecule has 1 aliphatic heterocycles. The number of ether oxygens (including phenoxy) is 1. The number of aromatic nitrogens is 1. The van der Waals surface area contributed by atoms with E-state index in [0.29, 0.717) is 18.9 Å². The van der Waals surface area contributed by atoms with Crippen molar-refractivity contribution in [3.05, 3.63) is 11.1 Å². The molecule has 0 spiro atoms. The number of rotatable bonds is 5. The summed E-state index contributed by atoms with van der Waals surface area (Å²) < 4.78 is 5.25. The third kappa shape index (κ3) is 3.68. The first-order chi connectivity index (χ1) is 8.65. The number of hydrogen-bond acceptors (Lipinski definition) is 5. The summed E-state index contributed by atoms with van der Waals surface area (Å²) in [5.41, 5.74) is 0.916. The van der Waals surface area contributed by atoms with E-state index in [2.05, 4.69) is 10.3 Å². The van der Waals surface area contributed by atoms with E-state index in [1.807, 2.05) is 24.4 Å². The quantitative estimate of drug-likeness (QED) is 0.874. The lowest BCUT2D eigenvalue weighted by atomic mass is 10.1. The summed E-state index contributed by atoms with van der Waals surface area (Å²) in [7, 11) is 3.92. The van der Waals surface area contributed by atoms with Gasteiger partial charge in [0, 0.05) is 39.1 Å². The molecule has 0 unspecified atom stereocenters. The highest BCUT2D eigenvalue weighted by molar-refractivity contribution is 7.13. The molecule has 0 saturated carbocycles. The standard InChI is InChI=1S/C12H19N3O2S/c1-15(2)12-14-10(8-18-12)6-13-11(16)5-9-3-4-17-7-9/h8-9H,3-7H2,1-2H3,(H,13,16)/t9-/m0/s1. The molecular formula is C12H19N3O2S. The van der Waals surface area contributed by atoms with Crippen LogP contribution in [0.5, 0.6) is 0 Å². The Balaban J connectivity index is 1.74. The van der Waals surface area contributed by atoms with Crippen LogP contribution in [0.4, 0.5) is 5.13 Å². The number of nitrogens with zero attached hydrogens (tertiary/aromatic N) is 2. The summed E-state index contributed by atoms with van der Waals surface area (Å²) in [4.78, 5) is 18.1. The number of nitrogens with one attached hydrogen (secondary N) is 1. The Morgan fingerprint density at radius 1 is 1.67 bits per heavy atom. The van der Waals surface area contributed by atoms with Crippen molar-refractivity contribution in [2.45, 2.75) is 19.4 Å². The molecule has 6 heteroatoms. The minimum Gasteiger partial charge on any atom is -0.381 e. The maximum Gasteiger partial charge on any atom is 0.220 e. The zero-order valence-corrected chi connectivity index (χ0v) is 11.6. The second-order valence-electron chi connectivity index (χ2n) is 4.73. The summed E-state index contributed by atoms with van der Waals surface area (Å²) in [6.07, 6.45) is 1.56. The predicted octanol–water partition coefficient (Wildman–Crippen LogP) is 1.25. The molecule has 1 saturated heterocycles. The zero-order valence-electron chi connectivity index (χ0n) is 10.8. The van der Waals surface area contributed by atoms with E-state index < -0.39 is 0 Å². The zero-order chi connectivity index (χ0) is 13.0. The monoisotopic (exact) mass is 269 g/mol. The van der Waals surface area contributed by atoms with Crippen LogP contribution in [-0.4, -0.2) is 38.2 Å². The normalized spacial score (nSPS) is 18.9. The highest BCUT2D eigenvalue weighted by Crippen LogP contribution is 2.18. The molecule has 1 N–H and O–H groups in total. The Morgan fingerprint density at radius 2 is 2.50 bits per heavy atom. The van der Waals surface area contributed by atoms with Gasteiger partial charge in [-0.3, -0.25) is 4.79 Å². The van der Waals surface area contributed by atoms with E-state index in [-0.39, 0.29) is 5.91 Å². The fourth-order valence-electron chi connectivity index (χ4n) is 1.85. The van der Waals surface area contributed by atoms with Gasteiger partial charge in [-0.1, -0.05) is 0 Å². The number of carbonyl (C=O) groups is 1. The molecule has 5 nitrogen and oxygen atoms in total. The van der Waals surface area contributed by atoms with Gasteiger partial charge in [0.15, 0.2) is 5.13 Å². The van der Waals surface area contributed by atoms with E-state index in [9.17, 15) is 4.79 Å². The fraction of sp³-hybridized carbons (Fsp3) is 0.667. The van der Waals surface area contributed by atoms with Crippen molar-refractivity contribution in [3.63, 3.8) is 0 Å². The SMILES string of the molecule is CN(C)c1nc(CNC(=O)C[C@@H]2CCOC2)cs1. The van der Waals surface area contributed by atoms with Crippen LogP contribution < -0.4 is 10.2 Å². The molecule has 1 aromatic heterocycles. The van der Waals surface area contributed by atoms with Crippen LogP contribution >= 0.6 is 11.3 Å². The summed E-state index contributed by atoms with van der Waals surface area (Å²) in [5, 5.41) is 5.85. The van der Waals surface area contributed by atoms with Gasteiger partial charge in [0.05, 0.1) is 12.2 Å². The van der Waals surface area contributed by atoms with Crippen molar-refractivity contribution in [2.75, 3.05) is 32.2 Å². The minimum atomic E-state index is 0.0879. The first-order valence-electron chi connectivity index (χ1n) is 6.11. The van der Waals surface area contributed by atoms with E-state index in [4.69, 9.17) is 4.74 Å². The van der Waals surface area contributed by atoms with Gasteiger partial charge < -0.3 is 15.0 Å². The van der Waals surface area contributed by atoms with Crippen molar-refractivity contribution >= 4 is 22.4 Å². The third-order valence-corrected chi connectivity index (χ3v) is 3.94. The second kappa shape index (κ2) is 6.15. The molecule has 1 fully saturated rings. The fourth-order valence-corrected chi connectivity index (χ4v) is 2.61. The molecule has 0 bridgehead atoms. The lowest BCUT2D eigenvalue weighted by molar-refractivity contribution is -0.122. The number of anilines is 1. The molecule has 0 aromatic carbocycles. The van der Waals surface area contributed by atoms with Crippen LogP contribution in [-0.2, 0) is 16.1 Å². The molecule has 1 amide bonds. The van der Waals surface area contributed by atoms with Gasteiger partial charge >= 0.3 is 0 Å². The number of hydrogen-bond donors (Lipinski definition) is 1. The van der Waals surface area contributed by atoms with Crippen LogP contribution in [0, 0.1) is 5.92 Å². The smallest absolute Gasteiger partial charge is 0.220 e. The van der Waals surface area contributed by atoms with Crippen molar-refractivity contribution in [2.24, 2.45) is 5.92 Å². The van der Waals surface area contributed by atoms with Gasteiger partial charge in [0.1, 0.15) is 0 Å². The highest BCUT2D eigenvalue weighted by Gasteiger charge is 2.18. The summed E-state index contributed by atoms with van der Waals surface area (Å²) in [5.74, 6) is 0.475. The van der Waals surface area contributed by atoms with Crippen LogP contribution in [0.15, 0.2) is 5.38 Å². The Kier molecular flexibility index (Phi) is 4.54. The Labute approximate surface area is 111 Å². The molecule has 2 heterocycles. The van der Waals surface area contributed by atoms with Crippen LogP contribution in [0.3, 0.4) is 0 Å². The summed E-state index contributed by atoms with van der Waals surface area (Å²) in [6.45, 7) is 2.02. The first-order valence-corrected chi connectivity index (χ1v) is 6.99. The molecular weight excluding hydrogens is 250 g/mol. The molecule has 1 aliphatic rings. The van der Waals surface area contributed by atoms with Gasteiger partial charge in [0.25, 0.3) is 0 Å². The Bertz CT molecular complexity index is 400. The van der Waals surface area contributed by atoms with Crippen molar-refractivity contribution in [1.29, 1.82) is 0 Å². The Morgan fingerprint density at radius 3 is 3.11 bits per heavy atom. The molecule has 1 aromatic rings. The second-order valence-corrected chi connectivity index (χ2v) is 5.56. The van der Waals surface area contributed by atoms with Gasteiger partial charge in [0.2, 0.25) is 5.91 Å². The third-order valence-electron chi connectivity index (χ3n) is 2.89. The number of carbonyl (C=O) groups excluding carboxylic acids is 1. The number of amides is 1. The predicted molar refractivity (Wildman–Crippen MR) is 71.8 cm³/mol. The highest BCUT2D eigenvalue weighted by atomic mass is 32.1. The van der Waals surface area contributed by atoms with Crippen LogP contribution in [0.1, 0.15) is 18.5 Å². The van der Waals surface area contributed by atoms with Gasteiger partial charge in [-0.05, 0) is 12.3 Å².